The maximum atomic E-state index is 5.21. The van der Waals surface area contributed by atoms with Gasteiger partial charge in [-0.3, -0.25) is 0 Å². The van der Waals surface area contributed by atoms with Crippen molar-refractivity contribution >= 4 is 61.6 Å². The Kier molecular flexibility index (Phi) is 12.8. The number of hydrogen-bond acceptors (Lipinski definition) is 4. The fourth-order valence-corrected chi connectivity index (χ4v) is 9.71. The van der Waals surface area contributed by atoms with Crippen LogP contribution in [0.25, 0.3) is 38.8 Å². The third-order valence-corrected chi connectivity index (χ3v) is 14.0. The summed E-state index contributed by atoms with van der Waals surface area (Å²) in [6.45, 7) is 31.9. The molecule has 1 aliphatic heterocycles. The third-order valence-electron chi connectivity index (χ3n) is 14.0. The minimum atomic E-state index is -0.0411. The van der Waals surface area contributed by atoms with E-state index in [1.807, 2.05) is 6.20 Å². The number of aryl methyl sites for hydroxylation is 1. The van der Waals surface area contributed by atoms with Gasteiger partial charge in [0.2, 0.25) is 0 Å². The minimum absolute atomic E-state index is 0. The average molecular weight is 1110 g/mol. The molecule has 0 radical (unpaired) electrons. The molecule has 2 aromatic heterocycles. The molecular formula is C65H66N5Pt-3. The molecule has 0 saturated carbocycles. The van der Waals surface area contributed by atoms with Gasteiger partial charge in [-0.2, -0.15) is 12.1 Å². The molecule has 0 unspecified atom stereocenters. The summed E-state index contributed by atoms with van der Waals surface area (Å²) in [6, 6.07) is 63.2. The van der Waals surface area contributed by atoms with Crippen LogP contribution in [0.2, 0.25) is 0 Å². The predicted molar refractivity (Wildman–Crippen MR) is 297 cm³/mol. The van der Waals surface area contributed by atoms with Gasteiger partial charge in [-0.1, -0.05) is 173 Å². The van der Waals surface area contributed by atoms with Crippen molar-refractivity contribution in [2.24, 2.45) is 0 Å². The maximum absolute atomic E-state index is 5.21. The number of para-hydroxylation sites is 2. The van der Waals surface area contributed by atoms with Gasteiger partial charge in [0.15, 0.2) is 0 Å². The van der Waals surface area contributed by atoms with Crippen LogP contribution < -0.4 is 14.7 Å². The Hall–Kier alpha value is -6.42. The summed E-state index contributed by atoms with van der Waals surface area (Å²) in [4.78, 5) is 12.2. The molecule has 0 saturated heterocycles. The second-order valence-electron chi connectivity index (χ2n) is 23.3. The van der Waals surface area contributed by atoms with Gasteiger partial charge in [-0.25, -0.2) is 4.98 Å². The summed E-state index contributed by atoms with van der Waals surface area (Å²) in [5.74, 6) is 0.859. The van der Waals surface area contributed by atoms with Gasteiger partial charge in [0.1, 0.15) is 5.82 Å². The van der Waals surface area contributed by atoms with Crippen molar-refractivity contribution in [3.05, 3.63) is 204 Å². The summed E-state index contributed by atoms with van der Waals surface area (Å²) in [5, 5.41) is 2.28. The van der Waals surface area contributed by atoms with E-state index in [1.165, 1.54) is 33.4 Å². The topological polar surface area (TPSA) is 27.5 Å². The van der Waals surface area contributed by atoms with E-state index in [9.17, 15) is 0 Å². The van der Waals surface area contributed by atoms with Crippen molar-refractivity contribution in [2.75, 3.05) is 14.7 Å². The van der Waals surface area contributed by atoms with Crippen molar-refractivity contribution in [3.8, 4) is 16.9 Å². The monoisotopic (exact) mass is 1110 g/mol. The molecule has 0 fully saturated rings. The van der Waals surface area contributed by atoms with Crippen LogP contribution in [0.1, 0.15) is 111 Å². The van der Waals surface area contributed by atoms with E-state index < -0.39 is 0 Å². The number of rotatable bonds is 7. The van der Waals surface area contributed by atoms with Gasteiger partial charge in [0.25, 0.3) is 0 Å². The summed E-state index contributed by atoms with van der Waals surface area (Å²) in [6.07, 6.45) is 2.04. The smallest absolute Gasteiger partial charge is 0.135 e. The molecule has 1 aliphatic rings. The van der Waals surface area contributed by atoms with Crippen LogP contribution in [0.4, 0.5) is 39.8 Å². The van der Waals surface area contributed by atoms with E-state index >= 15 is 0 Å². The molecule has 3 heterocycles. The van der Waals surface area contributed by atoms with Gasteiger partial charge < -0.3 is 19.3 Å². The molecule has 0 bridgehead atoms. The van der Waals surface area contributed by atoms with Gasteiger partial charge >= 0.3 is 0 Å². The number of nitrogens with zero attached hydrogens (tertiary/aromatic N) is 5. The zero-order chi connectivity index (χ0) is 49.5. The van der Waals surface area contributed by atoms with Crippen molar-refractivity contribution < 1.29 is 21.1 Å². The average Bonchev–Trinajstić information content (AvgIpc) is 3.87. The van der Waals surface area contributed by atoms with Gasteiger partial charge in [-0.05, 0) is 116 Å². The minimum Gasteiger partial charge on any atom is -0.493 e. The van der Waals surface area contributed by atoms with Gasteiger partial charge in [0.05, 0.1) is 0 Å². The molecule has 6 heteroatoms. The van der Waals surface area contributed by atoms with Crippen LogP contribution in [0.3, 0.4) is 0 Å². The Morgan fingerprint density at radius 1 is 0.507 bits per heavy atom. The van der Waals surface area contributed by atoms with E-state index in [-0.39, 0.29) is 42.7 Å². The van der Waals surface area contributed by atoms with Gasteiger partial charge in [-0.15, -0.1) is 48.1 Å². The molecule has 0 aliphatic carbocycles. The first-order valence-corrected chi connectivity index (χ1v) is 24.8. The van der Waals surface area contributed by atoms with Crippen LogP contribution in [0, 0.1) is 25.7 Å². The molecule has 5 nitrogen and oxygen atoms in total. The number of anilines is 7. The molecule has 10 rings (SSSR count). The number of aromatic nitrogens is 2. The molecule has 0 N–H and O–H groups in total. The van der Waals surface area contributed by atoms with E-state index in [1.54, 1.807) is 0 Å². The predicted octanol–water partition coefficient (Wildman–Crippen LogP) is 17.8. The molecule has 71 heavy (non-hydrogen) atoms. The van der Waals surface area contributed by atoms with Gasteiger partial charge in [0, 0.05) is 61.1 Å². The van der Waals surface area contributed by atoms with E-state index in [0.717, 1.165) is 73.0 Å². The van der Waals surface area contributed by atoms with Crippen LogP contribution in [-0.4, -0.2) is 9.55 Å². The number of hydrogen-bond donors (Lipinski definition) is 0. The summed E-state index contributed by atoms with van der Waals surface area (Å²) in [5.41, 5.74) is 17.9. The Morgan fingerprint density at radius 3 is 1.82 bits per heavy atom. The Labute approximate surface area is 437 Å². The molecule has 0 atom stereocenters. The maximum Gasteiger partial charge on any atom is 0.135 e. The zero-order valence-electron chi connectivity index (χ0n) is 43.6. The quantitative estimate of drug-likeness (QED) is 0.149. The molecule has 7 aromatic carbocycles. The normalized spacial score (nSPS) is 13.2. The largest absolute Gasteiger partial charge is 0.493 e. The molecule has 364 valence electrons. The van der Waals surface area contributed by atoms with E-state index in [4.69, 9.17) is 4.98 Å². The Balaban J connectivity index is 0.00000624. The Morgan fingerprint density at radius 2 is 1.14 bits per heavy atom. The zero-order valence-corrected chi connectivity index (χ0v) is 45.9. The van der Waals surface area contributed by atoms with Crippen LogP contribution in [0.15, 0.2) is 158 Å². The van der Waals surface area contributed by atoms with Crippen molar-refractivity contribution in [3.63, 3.8) is 0 Å². The molecule has 0 spiro atoms. The van der Waals surface area contributed by atoms with E-state index in [0.29, 0.717) is 0 Å². The summed E-state index contributed by atoms with van der Waals surface area (Å²) < 4.78 is 2.27. The SMILES string of the molecule is Cc1cc(-n2c3[c-]c(N(c4[c-]c(N5[CH-]N(c6cc(C(C)(C)C)cc(C(C)(C)C)c6)c6ccc(C(C)(C)C)cc65)ccc4)c4ccccc4)ccc3c3ccccc32)ncc1-c1cccc(C(C)(C)C)c1.[Pt]. The Bertz CT molecular complexity index is 3400. The summed E-state index contributed by atoms with van der Waals surface area (Å²) in [7, 11) is 0. The fraction of sp³-hybridized carbons (Fsp3) is 0.262. The number of benzene rings is 7. The second-order valence-corrected chi connectivity index (χ2v) is 23.3. The molecular weight excluding hydrogens is 1050 g/mol. The number of fused-ring (bicyclic) bond motifs is 4. The first-order chi connectivity index (χ1) is 33.1. The number of pyridine rings is 1. The van der Waals surface area contributed by atoms with Crippen molar-refractivity contribution in [2.45, 2.75) is 112 Å². The summed E-state index contributed by atoms with van der Waals surface area (Å²) >= 11 is 0. The second kappa shape index (κ2) is 18.3. The van der Waals surface area contributed by atoms with Crippen LogP contribution in [0.5, 0.6) is 0 Å². The van der Waals surface area contributed by atoms with Crippen LogP contribution in [-0.2, 0) is 42.7 Å². The van der Waals surface area contributed by atoms with Crippen LogP contribution >= 0.6 is 0 Å². The molecule has 0 amide bonds. The van der Waals surface area contributed by atoms with E-state index in [2.05, 4.69) is 280 Å². The fourth-order valence-electron chi connectivity index (χ4n) is 9.71. The van der Waals surface area contributed by atoms with Crippen molar-refractivity contribution in [1.82, 2.24) is 9.55 Å². The van der Waals surface area contributed by atoms with Crippen molar-refractivity contribution in [1.29, 1.82) is 0 Å². The standard InChI is InChI=1S/C65H66N5.Pt/c1-43-33-61(66-41-56(43)44-21-19-22-45(34-44)62(2,3)4)70-57-28-18-17-27-54(57)55-31-30-52(40-59(55)70)69(49-23-15-14-16-24-49)51-26-20-25-50(39-51)67-42-68(58-32-29-46(38-60(58)67)63(5,6)7)53-36-47(64(8,9)10)35-48(37-53)65(11,12)13;/h14-38,41-42H,1-13H3;/q-3;. The first-order valence-electron chi connectivity index (χ1n) is 24.8. The third kappa shape index (κ3) is 9.47. The molecule has 9 aromatic rings. The first kappa shape index (κ1) is 49.6.